The minimum Gasteiger partial charge on any atom is -0.370 e. The number of nitrogens with one attached hydrogen (secondary N) is 1. The van der Waals surface area contributed by atoms with E-state index in [-0.39, 0.29) is 0 Å². The molecule has 0 unspecified atom stereocenters. The summed E-state index contributed by atoms with van der Waals surface area (Å²) in [4.78, 5) is 6.67. The van der Waals surface area contributed by atoms with Crippen LogP contribution in [-0.2, 0) is 6.54 Å². The molecule has 2 aromatic heterocycles. The van der Waals surface area contributed by atoms with Crippen molar-refractivity contribution in [2.75, 3.05) is 25.0 Å². The van der Waals surface area contributed by atoms with Crippen molar-refractivity contribution in [1.82, 2.24) is 30.1 Å². The van der Waals surface area contributed by atoms with Crippen molar-refractivity contribution < 1.29 is 0 Å². The van der Waals surface area contributed by atoms with E-state index >= 15 is 0 Å². The van der Waals surface area contributed by atoms with Gasteiger partial charge in [-0.2, -0.15) is 5.26 Å². The van der Waals surface area contributed by atoms with Crippen molar-refractivity contribution in [3.63, 3.8) is 0 Å². The van der Waals surface area contributed by atoms with Crippen LogP contribution in [0.5, 0.6) is 0 Å². The highest BCUT2D eigenvalue weighted by Gasteiger charge is 2.29. The fourth-order valence-corrected chi connectivity index (χ4v) is 3.16. The Bertz CT molecular complexity index is 727. The first-order valence-corrected chi connectivity index (χ1v) is 8.41. The van der Waals surface area contributed by atoms with E-state index in [0.717, 1.165) is 44.2 Å². The minimum absolute atomic E-state index is 0.525. The number of nitrogens with zero attached hydrogens (tertiary/aromatic N) is 7. The smallest absolute Gasteiger partial charge is 0.165 e. The average Bonchev–Trinajstić information content (AvgIpc) is 3.19. The molecular weight excluding hydrogens is 304 g/mol. The maximum Gasteiger partial charge on any atom is 0.165 e. The van der Waals surface area contributed by atoms with Gasteiger partial charge in [-0.1, -0.05) is 0 Å². The summed E-state index contributed by atoms with van der Waals surface area (Å²) in [5, 5.41) is 24.3. The second kappa shape index (κ2) is 6.53. The summed E-state index contributed by atoms with van der Waals surface area (Å²) in [5.41, 5.74) is 0.584. The quantitative estimate of drug-likeness (QED) is 0.853. The first-order valence-electron chi connectivity index (χ1n) is 8.41. The van der Waals surface area contributed by atoms with Crippen LogP contribution in [0.3, 0.4) is 0 Å². The Hall–Kier alpha value is -2.53. The molecule has 1 saturated carbocycles. The van der Waals surface area contributed by atoms with E-state index in [0.29, 0.717) is 17.5 Å². The van der Waals surface area contributed by atoms with Gasteiger partial charge < -0.3 is 5.32 Å². The lowest BCUT2D eigenvalue weighted by Gasteiger charge is -2.16. The zero-order valence-electron chi connectivity index (χ0n) is 13.5. The molecule has 0 bridgehead atoms. The molecule has 2 aromatic rings. The third-order valence-corrected chi connectivity index (χ3v) is 4.65. The number of tetrazole rings is 1. The molecule has 8 nitrogen and oxygen atoms in total. The molecule has 1 aliphatic heterocycles. The van der Waals surface area contributed by atoms with E-state index in [9.17, 15) is 0 Å². The Morgan fingerprint density at radius 2 is 2.21 bits per heavy atom. The lowest BCUT2D eigenvalue weighted by atomic mass is 10.1. The van der Waals surface area contributed by atoms with Gasteiger partial charge in [-0.15, -0.1) is 5.10 Å². The minimum atomic E-state index is 0.525. The van der Waals surface area contributed by atoms with Crippen molar-refractivity contribution in [2.45, 2.75) is 31.8 Å². The van der Waals surface area contributed by atoms with Gasteiger partial charge in [0, 0.05) is 19.3 Å². The van der Waals surface area contributed by atoms with Gasteiger partial charge in [0.25, 0.3) is 0 Å². The number of anilines is 1. The van der Waals surface area contributed by atoms with Crippen molar-refractivity contribution >= 4 is 5.82 Å². The molecule has 1 atom stereocenters. The summed E-state index contributed by atoms with van der Waals surface area (Å²) >= 11 is 0. The molecule has 0 spiro atoms. The highest BCUT2D eigenvalue weighted by atomic mass is 15.6. The van der Waals surface area contributed by atoms with Crippen molar-refractivity contribution in [3.8, 4) is 6.07 Å². The molecule has 1 saturated heterocycles. The summed E-state index contributed by atoms with van der Waals surface area (Å²) in [6, 6.07) is 6.25. The molecule has 2 fully saturated rings. The van der Waals surface area contributed by atoms with Gasteiger partial charge in [-0.05, 0) is 54.3 Å². The summed E-state index contributed by atoms with van der Waals surface area (Å²) in [7, 11) is 0. The topological polar surface area (TPSA) is 95.5 Å². The van der Waals surface area contributed by atoms with Crippen molar-refractivity contribution in [1.29, 1.82) is 5.26 Å². The van der Waals surface area contributed by atoms with Crippen LogP contribution < -0.4 is 5.32 Å². The second-order valence-electron chi connectivity index (χ2n) is 6.59. The second-order valence-corrected chi connectivity index (χ2v) is 6.59. The maximum absolute atomic E-state index is 8.79. The normalized spacial score (nSPS) is 20.9. The van der Waals surface area contributed by atoms with E-state index in [1.165, 1.54) is 12.8 Å². The lowest BCUT2D eigenvalue weighted by molar-refractivity contribution is 0.302. The summed E-state index contributed by atoms with van der Waals surface area (Å²) in [5.74, 6) is 2.40. The van der Waals surface area contributed by atoms with E-state index in [1.54, 1.807) is 12.3 Å². The lowest BCUT2D eigenvalue weighted by Crippen LogP contribution is -2.24. The Labute approximate surface area is 140 Å². The van der Waals surface area contributed by atoms with Gasteiger partial charge in [0.05, 0.1) is 18.2 Å². The van der Waals surface area contributed by atoms with E-state index < -0.39 is 0 Å². The third-order valence-electron chi connectivity index (χ3n) is 4.65. The summed E-state index contributed by atoms with van der Waals surface area (Å²) < 4.78 is 1.99. The van der Waals surface area contributed by atoms with Crippen LogP contribution in [0, 0.1) is 17.2 Å². The van der Waals surface area contributed by atoms with Crippen LogP contribution in [-0.4, -0.2) is 49.7 Å². The Balaban J connectivity index is 1.27. The molecular formula is C16H20N8. The Kier molecular flexibility index (Phi) is 4.09. The number of hydrogen-bond acceptors (Lipinski definition) is 7. The number of rotatable bonds is 6. The molecule has 0 amide bonds. The van der Waals surface area contributed by atoms with Crippen LogP contribution in [0.4, 0.5) is 5.82 Å². The average molecular weight is 324 g/mol. The van der Waals surface area contributed by atoms with E-state index in [2.05, 4.69) is 36.8 Å². The summed E-state index contributed by atoms with van der Waals surface area (Å²) in [6.07, 6.45) is 5.15. The highest BCUT2D eigenvalue weighted by molar-refractivity contribution is 5.38. The van der Waals surface area contributed by atoms with Gasteiger partial charge in [0.1, 0.15) is 11.9 Å². The molecule has 0 aromatic carbocycles. The monoisotopic (exact) mass is 324 g/mol. The molecule has 124 valence electrons. The number of nitriles is 1. The van der Waals surface area contributed by atoms with Crippen LogP contribution >= 0.6 is 0 Å². The van der Waals surface area contributed by atoms with Gasteiger partial charge >= 0.3 is 0 Å². The third kappa shape index (κ3) is 3.36. The molecule has 3 heterocycles. The fourth-order valence-electron chi connectivity index (χ4n) is 3.16. The fraction of sp³-hybridized carbons (Fsp3) is 0.562. The highest BCUT2D eigenvalue weighted by Crippen LogP contribution is 2.34. The van der Waals surface area contributed by atoms with Gasteiger partial charge in [-0.3, -0.25) is 4.90 Å². The van der Waals surface area contributed by atoms with Crippen LogP contribution in [0.1, 0.15) is 36.7 Å². The number of pyridine rings is 1. The first-order chi connectivity index (χ1) is 11.8. The standard InChI is InChI=1S/C16H20N8/c17-7-12-1-4-15(18-8-12)19-9-13-5-6-23(10-13)11-16-20-21-22-24(16)14-2-3-14/h1,4,8,13-14H,2-3,5-6,9-11H2,(H,18,19)/t13-/m0/s1. The molecule has 1 N–H and O–H groups in total. The SMILES string of the molecule is N#Cc1ccc(NC[C@@H]2CCN(Cc3nnnn3C3CC3)C2)nc1. The Morgan fingerprint density at radius 1 is 1.29 bits per heavy atom. The Morgan fingerprint density at radius 3 is 2.96 bits per heavy atom. The molecule has 0 radical (unpaired) electrons. The van der Waals surface area contributed by atoms with Gasteiger partial charge in [-0.25, -0.2) is 9.67 Å². The number of likely N-dealkylation sites (tertiary alicyclic amines) is 1. The number of aromatic nitrogens is 5. The molecule has 2 aliphatic rings. The van der Waals surface area contributed by atoms with E-state index in [4.69, 9.17) is 5.26 Å². The first kappa shape index (κ1) is 15.0. The molecule has 8 heteroatoms. The summed E-state index contributed by atoms with van der Waals surface area (Å²) in [6.45, 7) is 3.84. The van der Waals surface area contributed by atoms with Crippen molar-refractivity contribution in [3.05, 3.63) is 29.7 Å². The largest absolute Gasteiger partial charge is 0.370 e. The molecule has 1 aliphatic carbocycles. The number of hydrogen-bond donors (Lipinski definition) is 1. The van der Waals surface area contributed by atoms with E-state index in [1.807, 2.05) is 10.7 Å². The van der Waals surface area contributed by atoms with Gasteiger partial charge in [0.15, 0.2) is 5.82 Å². The van der Waals surface area contributed by atoms with Gasteiger partial charge in [0.2, 0.25) is 0 Å². The predicted molar refractivity (Wildman–Crippen MR) is 86.9 cm³/mol. The van der Waals surface area contributed by atoms with Crippen LogP contribution in [0.2, 0.25) is 0 Å². The van der Waals surface area contributed by atoms with Crippen molar-refractivity contribution in [2.24, 2.45) is 5.92 Å². The predicted octanol–water partition coefficient (Wildman–Crippen LogP) is 1.21. The van der Waals surface area contributed by atoms with Crippen LogP contribution in [0.15, 0.2) is 18.3 Å². The molecule has 24 heavy (non-hydrogen) atoms. The van der Waals surface area contributed by atoms with Crippen LogP contribution in [0.25, 0.3) is 0 Å². The molecule has 4 rings (SSSR count). The zero-order chi connectivity index (χ0) is 16.4. The zero-order valence-corrected chi connectivity index (χ0v) is 13.5. The maximum atomic E-state index is 8.79.